The van der Waals surface area contributed by atoms with Crippen molar-refractivity contribution in [1.82, 2.24) is 25.4 Å². The smallest absolute Gasteiger partial charge is 0.291 e. The first-order valence-electron chi connectivity index (χ1n) is 7.33. The van der Waals surface area contributed by atoms with E-state index in [0.717, 1.165) is 18.9 Å². The van der Waals surface area contributed by atoms with Crippen LogP contribution in [0.25, 0.3) is 0 Å². The Morgan fingerprint density at radius 3 is 2.60 bits per heavy atom. The zero-order valence-corrected chi connectivity index (χ0v) is 12.9. The molecule has 1 aromatic heterocycles. The molecule has 6 nitrogen and oxygen atoms in total. The predicted octanol–water partition coefficient (Wildman–Crippen LogP) is 1.32. The van der Waals surface area contributed by atoms with Crippen LogP contribution in [-0.4, -0.2) is 51.7 Å². The number of rotatable bonds is 4. The Morgan fingerprint density at radius 2 is 2.05 bits per heavy atom. The summed E-state index contributed by atoms with van der Waals surface area (Å²) in [5.74, 6) is 0.751. The normalized spacial score (nSPS) is 18.2. The number of H-pyrrole nitrogens is 1. The molecular formula is C14H25N5O. The first kappa shape index (κ1) is 15.0. The maximum atomic E-state index is 12.0. The predicted molar refractivity (Wildman–Crippen MR) is 77.7 cm³/mol. The highest BCUT2D eigenvalue weighted by atomic mass is 16.2. The fourth-order valence-corrected chi connectivity index (χ4v) is 2.33. The molecule has 6 heteroatoms. The molecule has 1 atom stereocenters. The molecule has 0 radical (unpaired) electrons. The summed E-state index contributed by atoms with van der Waals surface area (Å²) < 4.78 is 0. The number of hydrogen-bond donors (Lipinski definition) is 2. The molecule has 2 heterocycles. The lowest BCUT2D eigenvalue weighted by Crippen LogP contribution is -2.40. The second-order valence-corrected chi connectivity index (χ2v) is 6.56. The van der Waals surface area contributed by atoms with E-state index < -0.39 is 0 Å². The number of likely N-dealkylation sites (tertiary alicyclic amines) is 1. The zero-order valence-electron chi connectivity index (χ0n) is 12.9. The lowest BCUT2D eigenvalue weighted by atomic mass is 9.96. The quantitative estimate of drug-likeness (QED) is 0.871. The first-order chi connectivity index (χ1) is 9.38. The van der Waals surface area contributed by atoms with Crippen LogP contribution in [0.1, 0.15) is 57.0 Å². The van der Waals surface area contributed by atoms with Crippen LogP contribution >= 0.6 is 0 Å². The van der Waals surface area contributed by atoms with Crippen LogP contribution in [0.15, 0.2) is 0 Å². The van der Waals surface area contributed by atoms with Gasteiger partial charge in [0.1, 0.15) is 5.82 Å². The molecule has 1 fully saturated rings. The summed E-state index contributed by atoms with van der Waals surface area (Å²) in [7, 11) is 0. The van der Waals surface area contributed by atoms with Crippen LogP contribution in [-0.2, 0) is 5.41 Å². The van der Waals surface area contributed by atoms with E-state index in [1.807, 2.05) is 20.8 Å². The van der Waals surface area contributed by atoms with Crippen LogP contribution in [0.5, 0.6) is 0 Å². The van der Waals surface area contributed by atoms with Crippen molar-refractivity contribution in [2.45, 2.75) is 52.0 Å². The largest absolute Gasteiger partial charge is 0.348 e. The summed E-state index contributed by atoms with van der Waals surface area (Å²) >= 11 is 0. The van der Waals surface area contributed by atoms with Gasteiger partial charge in [0, 0.05) is 18.0 Å². The Balaban J connectivity index is 1.87. The highest BCUT2D eigenvalue weighted by Crippen LogP contribution is 2.17. The Kier molecular flexibility index (Phi) is 4.42. The Hall–Kier alpha value is -1.43. The number of amides is 1. The SMILES string of the molecule is CC(CNC(=O)c1n[nH]c(C(C)(C)C)n1)N1CCCC1. The molecule has 1 unspecified atom stereocenters. The summed E-state index contributed by atoms with van der Waals surface area (Å²) in [6.45, 7) is 11.1. The minimum Gasteiger partial charge on any atom is -0.348 e. The van der Waals surface area contributed by atoms with Gasteiger partial charge in [0.2, 0.25) is 5.82 Å². The van der Waals surface area contributed by atoms with E-state index in [1.54, 1.807) is 0 Å². The van der Waals surface area contributed by atoms with E-state index >= 15 is 0 Å². The molecule has 2 N–H and O–H groups in total. The number of carbonyl (C=O) groups excluding carboxylic acids is 1. The molecule has 0 saturated carbocycles. The summed E-state index contributed by atoms with van der Waals surface area (Å²) in [4.78, 5) is 18.7. The number of carbonyl (C=O) groups is 1. The first-order valence-corrected chi connectivity index (χ1v) is 7.33. The Morgan fingerprint density at radius 1 is 1.40 bits per heavy atom. The minimum absolute atomic E-state index is 0.131. The van der Waals surface area contributed by atoms with Crippen LogP contribution in [0, 0.1) is 0 Å². The molecular weight excluding hydrogens is 254 g/mol. The highest BCUT2D eigenvalue weighted by molar-refractivity contribution is 5.90. The molecule has 0 aromatic carbocycles. The molecule has 1 saturated heterocycles. The van der Waals surface area contributed by atoms with Crippen LogP contribution < -0.4 is 5.32 Å². The second-order valence-electron chi connectivity index (χ2n) is 6.56. The molecule has 0 bridgehead atoms. The number of nitrogens with zero attached hydrogens (tertiary/aromatic N) is 3. The maximum Gasteiger partial charge on any atom is 0.291 e. The number of hydrogen-bond acceptors (Lipinski definition) is 4. The summed E-state index contributed by atoms with van der Waals surface area (Å²) in [5, 5.41) is 9.75. The molecule has 0 spiro atoms. The van der Waals surface area contributed by atoms with Gasteiger partial charge in [-0.2, -0.15) is 0 Å². The van der Waals surface area contributed by atoms with Gasteiger partial charge in [0.25, 0.3) is 5.91 Å². The van der Waals surface area contributed by atoms with Crippen LogP contribution in [0.2, 0.25) is 0 Å². The summed E-state index contributed by atoms with van der Waals surface area (Å²) in [6.07, 6.45) is 2.52. The summed E-state index contributed by atoms with van der Waals surface area (Å²) in [6, 6.07) is 0.363. The molecule has 2 rings (SSSR count). The van der Waals surface area contributed by atoms with Gasteiger partial charge in [0.05, 0.1) is 0 Å². The van der Waals surface area contributed by atoms with E-state index in [-0.39, 0.29) is 17.1 Å². The van der Waals surface area contributed by atoms with Crippen molar-refractivity contribution in [2.24, 2.45) is 0 Å². The molecule has 1 aliphatic rings. The monoisotopic (exact) mass is 279 g/mol. The average molecular weight is 279 g/mol. The lowest BCUT2D eigenvalue weighted by Gasteiger charge is -2.23. The Bertz CT molecular complexity index is 456. The van der Waals surface area contributed by atoms with Gasteiger partial charge in [-0.05, 0) is 32.9 Å². The Labute approximate surface area is 120 Å². The van der Waals surface area contributed by atoms with Crippen molar-refractivity contribution in [3.63, 3.8) is 0 Å². The van der Waals surface area contributed by atoms with Crippen molar-refractivity contribution < 1.29 is 4.79 Å². The summed E-state index contributed by atoms with van der Waals surface area (Å²) in [5.41, 5.74) is -0.131. The zero-order chi connectivity index (χ0) is 14.8. The third kappa shape index (κ3) is 3.56. The minimum atomic E-state index is -0.206. The molecule has 0 aliphatic carbocycles. The fourth-order valence-electron chi connectivity index (χ4n) is 2.33. The van der Waals surface area contributed by atoms with Crippen molar-refractivity contribution in [2.75, 3.05) is 19.6 Å². The number of aromatic nitrogens is 3. The third-order valence-electron chi connectivity index (χ3n) is 3.72. The van der Waals surface area contributed by atoms with Gasteiger partial charge in [-0.3, -0.25) is 14.8 Å². The lowest BCUT2D eigenvalue weighted by molar-refractivity contribution is 0.0930. The van der Waals surface area contributed by atoms with E-state index in [1.165, 1.54) is 12.8 Å². The number of aromatic amines is 1. The fraction of sp³-hybridized carbons (Fsp3) is 0.786. The molecule has 112 valence electrons. The van der Waals surface area contributed by atoms with Gasteiger partial charge >= 0.3 is 0 Å². The van der Waals surface area contributed by atoms with Crippen LogP contribution in [0.4, 0.5) is 0 Å². The van der Waals surface area contributed by atoms with E-state index in [4.69, 9.17) is 0 Å². The third-order valence-corrected chi connectivity index (χ3v) is 3.72. The highest BCUT2D eigenvalue weighted by Gasteiger charge is 2.22. The molecule has 1 aliphatic heterocycles. The van der Waals surface area contributed by atoms with Gasteiger partial charge in [-0.25, -0.2) is 4.98 Å². The number of nitrogens with one attached hydrogen (secondary N) is 2. The van der Waals surface area contributed by atoms with Gasteiger partial charge in [-0.15, -0.1) is 5.10 Å². The van der Waals surface area contributed by atoms with Gasteiger partial charge < -0.3 is 5.32 Å². The van der Waals surface area contributed by atoms with Crippen LogP contribution in [0.3, 0.4) is 0 Å². The van der Waals surface area contributed by atoms with E-state index in [0.29, 0.717) is 12.6 Å². The standard InChI is InChI=1S/C14H25N5O/c1-10(19-7-5-6-8-19)9-15-12(20)11-16-13(18-17-11)14(2,3)4/h10H,5-9H2,1-4H3,(H,15,20)(H,16,17,18). The van der Waals surface area contributed by atoms with Gasteiger partial charge in [-0.1, -0.05) is 20.8 Å². The van der Waals surface area contributed by atoms with Crippen molar-refractivity contribution in [1.29, 1.82) is 0 Å². The van der Waals surface area contributed by atoms with Crippen molar-refractivity contribution >= 4 is 5.91 Å². The van der Waals surface area contributed by atoms with E-state index in [2.05, 4.69) is 32.3 Å². The van der Waals surface area contributed by atoms with Crippen molar-refractivity contribution in [3.8, 4) is 0 Å². The molecule has 1 amide bonds. The van der Waals surface area contributed by atoms with Crippen molar-refractivity contribution in [3.05, 3.63) is 11.6 Å². The van der Waals surface area contributed by atoms with E-state index in [9.17, 15) is 4.79 Å². The average Bonchev–Trinajstić information content (AvgIpc) is 3.04. The molecule has 20 heavy (non-hydrogen) atoms. The molecule has 1 aromatic rings. The topological polar surface area (TPSA) is 73.9 Å². The second kappa shape index (κ2) is 5.91. The van der Waals surface area contributed by atoms with Gasteiger partial charge in [0.15, 0.2) is 0 Å². The maximum absolute atomic E-state index is 12.0.